The van der Waals surface area contributed by atoms with Crippen LogP contribution in [0.3, 0.4) is 0 Å². The molecule has 0 bridgehead atoms. The van der Waals surface area contributed by atoms with Crippen LogP contribution < -0.4 is 5.73 Å². The molecule has 1 atom stereocenters. The molecule has 1 aromatic rings. The molecule has 1 rings (SSSR count). The number of methoxy groups -OCH3 is 1. The quantitative estimate of drug-likeness (QED) is 0.687. The van der Waals surface area contributed by atoms with Gasteiger partial charge in [0.1, 0.15) is 6.23 Å². The fourth-order valence-electron chi connectivity index (χ4n) is 1.07. The van der Waals surface area contributed by atoms with Gasteiger partial charge in [-0.25, -0.2) is 0 Å². The zero-order valence-electron chi connectivity index (χ0n) is 7.36. The van der Waals surface area contributed by atoms with Crippen molar-refractivity contribution < 1.29 is 4.74 Å². The van der Waals surface area contributed by atoms with Gasteiger partial charge in [0.25, 0.3) is 0 Å². The van der Waals surface area contributed by atoms with Gasteiger partial charge in [-0.1, -0.05) is 30.3 Å². The van der Waals surface area contributed by atoms with Gasteiger partial charge in [-0.05, 0) is 18.4 Å². The highest BCUT2D eigenvalue weighted by molar-refractivity contribution is 5.14. The van der Waals surface area contributed by atoms with Gasteiger partial charge in [-0.15, -0.1) is 0 Å². The summed E-state index contributed by atoms with van der Waals surface area (Å²) in [6.07, 6.45) is 1.72. The maximum atomic E-state index is 5.60. The van der Waals surface area contributed by atoms with E-state index in [1.54, 1.807) is 7.11 Å². The number of hydrogen-bond donors (Lipinski definition) is 1. The van der Waals surface area contributed by atoms with Gasteiger partial charge in [0.05, 0.1) is 0 Å². The van der Waals surface area contributed by atoms with E-state index >= 15 is 0 Å². The predicted molar refractivity (Wildman–Crippen MR) is 49.7 cm³/mol. The molecule has 0 aliphatic carbocycles. The molecule has 0 aromatic heterocycles. The van der Waals surface area contributed by atoms with E-state index in [1.807, 2.05) is 18.2 Å². The molecular weight excluding hydrogens is 150 g/mol. The summed E-state index contributed by atoms with van der Waals surface area (Å²) in [7, 11) is 1.63. The molecule has 2 heteroatoms. The van der Waals surface area contributed by atoms with Crippen LogP contribution >= 0.6 is 0 Å². The van der Waals surface area contributed by atoms with Crippen LogP contribution in [-0.4, -0.2) is 13.3 Å². The van der Waals surface area contributed by atoms with E-state index in [0.717, 1.165) is 12.8 Å². The number of hydrogen-bond acceptors (Lipinski definition) is 2. The van der Waals surface area contributed by atoms with Crippen LogP contribution in [-0.2, 0) is 11.2 Å². The van der Waals surface area contributed by atoms with Gasteiger partial charge < -0.3 is 10.5 Å². The normalized spacial score (nSPS) is 12.8. The third-order valence-electron chi connectivity index (χ3n) is 1.86. The van der Waals surface area contributed by atoms with Gasteiger partial charge in [-0.2, -0.15) is 0 Å². The van der Waals surface area contributed by atoms with Gasteiger partial charge in [0.15, 0.2) is 0 Å². The van der Waals surface area contributed by atoms with Gasteiger partial charge in [0, 0.05) is 7.11 Å². The Bertz CT molecular complexity index is 210. The zero-order chi connectivity index (χ0) is 8.81. The minimum absolute atomic E-state index is 0.134. The fourth-order valence-corrected chi connectivity index (χ4v) is 1.07. The largest absolute Gasteiger partial charge is 0.367 e. The standard InChI is InChI=1S/C10H15NO/c1-12-10(11)8-7-9-5-3-2-4-6-9/h2-6,10H,7-8,11H2,1H3. The van der Waals surface area contributed by atoms with Crippen LogP contribution in [0.15, 0.2) is 30.3 Å². The Labute approximate surface area is 73.3 Å². The number of rotatable bonds is 4. The SMILES string of the molecule is COC(N)CCc1ccccc1. The first kappa shape index (κ1) is 9.23. The first-order chi connectivity index (χ1) is 5.83. The van der Waals surface area contributed by atoms with Gasteiger partial charge in [0.2, 0.25) is 0 Å². The Balaban J connectivity index is 2.33. The smallest absolute Gasteiger partial charge is 0.105 e. The minimum atomic E-state index is -0.134. The zero-order valence-corrected chi connectivity index (χ0v) is 7.36. The van der Waals surface area contributed by atoms with Gasteiger partial charge in [-0.3, -0.25) is 0 Å². The van der Waals surface area contributed by atoms with Crippen LogP contribution in [0.25, 0.3) is 0 Å². The molecule has 1 aromatic carbocycles. The van der Waals surface area contributed by atoms with E-state index in [1.165, 1.54) is 5.56 Å². The van der Waals surface area contributed by atoms with Crippen LogP contribution in [0.4, 0.5) is 0 Å². The van der Waals surface area contributed by atoms with Gasteiger partial charge >= 0.3 is 0 Å². The summed E-state index contributed by atoms with van der Waals surface area (Å²) in [6.45, 7) is 0. The highest BCUT2D eigenvalue weighted by Gasteiger charge is 1.99. The first-order valence-electron chi connectivity index (χ1n) is 4.15. The van der Waals surface area contributed by atoms with E-state index < -0.39 is 0 Å². The molecule has 0 amide bonds. The Morgan fingerprint density at radius 1 is 1.33 bits per heavy atom. The Morgan fingerprint density at radius 3 is 2.58 bits per heavy atom. The molecule has 2 N–H and O–H groups in total. The summed E-state index contributed by atoms with van der Waals surface area (Å²) >= 11 is 0. The molecule has 12 heavy (non-hydrogen) atoms. The van der Waals surface area contributed by atoms with Crippen LogP contribution in [0.5, 0.6) is 0 Å². The second kappa shape index (κ2) is 4.91. The van der Waals surface area contributed by atoms with Crippen LogP contribution in [0, 0.1) is 0 Å². The summed E-state index contributed by atoms with van der Waals surface area (Å²) < 4.78 is 4.95. The summed E-state index contributed by atoms with van der Waals surface area (Å²) in [6, 6.07) is 10.3. The van der Waals surface area contributed by atoms with Crippen molar-refractivity contribution in [1.29, 1.82) is 0 Å². The molecule has 0 fully saturated rings. The van der Waals surface area contributed by atoms with Crippen molar-refractivity contribution in [3.8, 4) is 0 Å². The second-order valence-electron chi connectivity index (χ2n) is 2.80. The average molecular weight is 165 g/mol. The molecule has 0 saturated carbocycles. The molecule has 2 nitrogen and oxygen atoms in total. The summed E-state index contributed by atoms with van der Waals surface area (Å²) in [4.78, 5) is 0. The van der Waals surface area contributed by atoms with Crippen LogP contribution in [0.1, 0.15) is 12.0 Å². The molecule has 0 aliphatic heterocycles. The third kappa shape index (κ3) is 3.03. The lowest BCUT2D eigenvalue weighted by molar-refractivity contribution is 0.101. The predicted octanol–water partition coefficient (Wildman–Crippen LogP) is 1.55. The van der Waals surface area contributed by atoms with Crippen molar-refractivity contribution in [2.45, 2.75) is 19.1 Å². The van der Waals surface area contributed by atoms with E-state index in [9.17, 15) is 0 Å². The molecule has 0 spiro atoms. The molecule has 0 saturated heterocycles. The number of aryl methyl sites for hydroxylation is 1. The molecule has 0 aliphatic rings. The lowest BCUT2D eigenvalue weighted by Gasteiger charge is -2.08. The van der Waals surface area contributed by atoms with E-state index in [4.69, 9.17) is 10.5 Å². The average Bonchev–Trinajstić information content (AvgIpc) is 2.16. The first-order valence-corrected chi connectivity index (χ1v) is 4.15. The monoisotopic (exact) mass is 165 g/mol. The summed E-state index contributed by atoms with van der Waals surface area (Å²) in [5.41, 5.74) is 6.91. The number of ether oxygens (including phenoxy) is 1. The van der Waals surface area contributed by atoms with Crippen LogP contribution in [0.2, 0.25) is 0 Å². The van der Waals surface area contributed by atoms with Crippen molar-refractivity contribution in [2.75, 3.05) is 7.11 Å². The Kier molecular flexibility index (Phi) is 3.77. The third-order valence-corrected chi connectivity index (χ3v) is 1.86. The molecular formula is C10H15NO. The lowest BCUT2D eigenvalue weighted by atomic mass is 10.1. The lowest BCUT2D eigenvalue weighted by Crippen LogP contribution is -2.22. The molecule has 1 unspecified atom stereocenters. The van der Waals surface area contributed by atoms with Crippen molar-refractivity contribution >= 4 is 0 Å². The summed E-state index contributed by atoms with van der Waals surface area (Å²) in [5.74, 6) is 0. The molecule has 66 valence electrons. The van der Waals surface area contributed by atoms with Crippen molar-refractivity contribution in [3.63, 3.8) is 0 Å². The number of nitrogens with two attached hydrogens (primary N) is 1. The van der Waals surface area contributed by atoms with Crippen molar-refractivity contribution in [2.24, 2.45) is 5.73 Å². The fraction of sp³-hybridized carbons (Fsp3) is 0.400. The highest BCUT2D eigenvalue weighted by atomic mass is 16.5. The molecule has 0 heterocycles. The van der Waals surface area contributed by atoms with Crippen molar-refractivity contribution in [1.82, 2.24) is 0 Å². The summed E-state index contributed by atoms with van der Waals surface area (Å²) in [5, 5.41) is 0. The Morgan fingerprint density at radius 2 is 2.00 bits per heavy atom. The van der Waals surface area contributed by atoms with E-state index in [2.05, 4.69) is 12.1 Å². The maximum Gasteiger partial charge on any atom is 0.105 e. The Hall–Kier alpha value is -0.860. The van der Waals surface area contributed by atoms with Crippen molar-refractivity contribution in [3.05, 3.63) is 35.9 Å². The maximum absolute atomic E-state index is 5.60. The topological polar surface area (TPSA) is 35.2 Å². The second-order valence-corrected chi connectivity index (χ2v) is 2.80. The number of benzene rings is 1. The highest BCUT2D eigenvalue weighted by Crippen LogP contribution is 2.03. The van der Waals surface area contributed by atoms with E-state index in [0.29, 0.717) is 0 Å². The van der Waals surface area contributed by atoms with E-state index in [-0.39, 0.29) is 6.23 Å². The minimum Gasteiger partial charge on any atom is -0.367 e. The molecule has 0 radical (unpaired) electrons.